The molecule has 1 unspecified atom stereocenters. The van der Waals surface area contributed by atoms with E-state index in [0.717, 1.165) is 5.56 Å². The van der Waals surface area contributed by atoms with Crippen LogP contribution >= 0.6 is 0 Å². The summed E-state index contributed by atoms with van der Waals surface area (Å²) in [6.07, 6.45) is 1.52. The van der Waals surface area contributed by atoms with Crippen molar-refractivity contribution in [3.05, 3.63) is 107 Å². The average Bonchev–Trinajstić information content (AvgIpc) is 2.98. The summed E-state index contributed by atoms with van der Waals surface area (Å²) in [5, 5.41) is 12.9. The first-order valence-electron chi connectivity index (χ1n) is 12.8. The molecule has 3 aromatic carbocycles. The lowest BCUT2D eigenvalue weighted by atomic mass is 9.96. The number of hydrogen-bond donors (Lipinski definition) is 1. The maximum Gasteiger partial charge on any atom is 0.266 e. The molecule has 7 heteroatoms. The molecular formula is C31H34N4O3. The number of hydrogen-bond acceptors (Lipinski definition) is 6. The standard InChI is InChI=1S/C31H34N4O3/c1-23(26-14-15-28(37-2)29(20-26)38-3)33-22-27(21-32)31(36)35-18-16-34(17-19-35)30(24-10-6-4-7-11-24)25-12-8-5-9-13-25/h4-15,20,22-23,30,33H,16-19H2,1-3H3/b27-22-. The van der Waals surface area contributed by atoms with E-state index in [2.05, 4.69) is 64.8 Å². The van der Waals surface area contributed by atoms with Gasteiger partial charge < -0.3 is 19.7 Å². The van der Waals surface area contributed by atoms with E-state index in [1.165, 1.54) is 17.3 Å². The number of amides is 1. The highest BCUT2D eigenvalue weighted by molar-refractivity contribution is 5.97. The third-order valence-corrected chi connectivity index (χ3v) is 6.93. The zero-order chi connectivity index (χ0) is 26.9. The second-order valence-electron chi connectivity index (χ2n) is 9.22. The van der Waals surface area contributed by atoms with Crippen LogP contribution in [-0.4, -0.2) is 56.1 Å². The summed E-state index contributed by atoms with van der Waals surface area (Å²) in [5.41, 5.74) is 3.49. The van der Waals surface area contributed by atoms with Gasteiger partial charge in [-0.25, -0.2) is 0 Å². The Kier molecular flexibility index (Phi) is 9.02. The van der Waals surface area contributed by atoms with Gasteiger partial charge in [0.2, 0.25) is 0 Å². The van der Waals surface area contributed by atoms with Crippen LogP contribution in [0.15, 0.2) is 90.6 Å². The lowest BCUT2D eigenvalue weighted by Gasteiger charge is -2.39. The molecule has 1 amide bonds. The van der Waals surface area contributed by atoms with Gasteiger partial charge in [0.15, 0.2) is 11.5 Å². The van der Waals surface area contributed by atoms with Crippen LogP contribution < -0.4 is 14.8 Å². The van der Waals surface area contributed by atoms with Gasteiger partial charge in [-0.05, 0) is 35.7 Å². The Morgan fingerprint density at radius 2 is 1.45 bits per heavy atom. The summed E-state index contributed by atoms with van der Waals surface area (Å²) < 4.78 is 10.7. The van der Waals surface area contributed by atoms with Gasteiger partial charge in [0.25, 0.3) is 5.91 Å². The number of nitriles is 1. The van der Waals surface area contributed by atoms with E-state index in [-0.39, 0.29) is 23.6 Å². The molecule has 0 radical (unpaired) electrons. The van der Waals surface area contributed by atoms with Crippen molar-refractivity contribution in [1.29, 1.82) is 5.26 Å². The van der Waals surface area contributed by atoms with Crippen LogP contribution in [0.1, 0.15) is 35.7 Å². The summed E-state index contributed by atoms with van der Waals surface area (Å²) >= 11 is 0. The highest BCUT2D eigenvalue weighted by Crippen LogP contribution is 2.31. The Morgan fingerprint density at radius 3 is 1.97 bits per heavy atom. The molecule has 0 aliphatic carbocycles. The van der Waals surface area contributed by atoms with Crippen LogP contribution in [0.25, 0.3) is 0 Å². The van der Waals surface area contributed by atoms with E-state index >= 15 is 0 Å². The van der Waals surface area contributed by atoms with Gasteiger partial charge in [-0.15, -0.1) is 0 Å². The molecule has 1 saturated heterocycles. The van der Waals surface area contributed by atoms with Gasteiger partial charge in [-0.2, -0.15) is 5.26 Å². The number of rotatable bonds is 9. The maximum atomic E-state index is 13.2. The first kappa shape index (κ1) is 26.8. The Bertz CT molecular complexity index is 1240. The fraction of sp³-hybridized carbons (Fsp3) is 0.290. The van der Waals surface area contributed by atoms with E-state index in [1.807, 2.05) is 37.3 Å². The molecule has 0 bridgehead atoms. The third-order valence-electron chi connectivity index (χ3n) is 6.93. The molecule has 196 valence electrons. The van der Waals surface area contributed by atoms with Crippen LogP contribution in [0.3, 0.4) is 0 Å². The largest absolute Gasteiger partial charge is 0.493 e. The van der Waals surface area contributed by atoms with Gasteiger partial charge in [0.05, 0.1) is 20.3 Å². The minimum absolute atomic E-state index is 0.0912. The second-order valence-corrected chi connectivity index (χ2v) is 9.22. The predicted octanol–water partition coefficient (Wildman–Crippen LogP) is 4.70. The topological polar surface area (TPSA) is 77.8 Å². The van der Waals surface area contributed by atoms with Gasteiger partial charge in [0, 0.05) is 38.4 Å². The van der Waals surface area contributed by atoms with Gasteiger partial charge in [0.1, 0.15) is 11.6 Å². The molecule has 0 aromatic heterocycles. The first-order chi connectivity index (χ1) is 18.5. The molecular weight excluding hydrogens is 476 g/mol. The predicted molar refractivity (Wildman–Crippen MR) is 148 cm³/mol. The van der Waals surface area contributed by atoms with Crippen LogP contribution in [0.2, 0.25) is 0 Å². The number of carbonyl (C=O) groups excluding carboxylic acids is 1. The lowest BCUT2D eigenvalue weighted by molar-refractivity contribution is -0.128. The summed E-state index contributed by atoms with van der Waals surface area (Å²) in [7, 11) is 3.18. The van der Waals surface area contributed by atoms with Crippen molar-refractivity contribution in [2.45, 2.75) is 19.0 Å². The molecule has 4 rings (SSSR count). The minimum atomic E-state index is -0.255. The van der Waals surface area contributed by atoms with E-state index in [4.69, 9.17) is 9.47 Å². The quantitative estimate of drug-likeness (QED) is 0.332. The molecule has 3 aromatic rings. The normalized spacial score (nSPS) is 15.0. The van der Waals surface area contributed by atoms with E-state index < -0.39 is 0 Å². The molecule has 0 spiro atoms. The van der Waals surface area contributed by atoms with Crippen LogP contribution in [-0.2, 0) is 4.79 Å². The van der Waals surface area contributed by atoms with Crippen molar-refractivity contribution in [1.82, 2.24) is 15.1 Å². The number of benzene rings is 3. The highest BCUT2D eigenvalue weighted by atomic mass is 16.5. The monoisotopic (exact) mass is 510 g/mol. The molecule has 1 aliphatic rings. The number of carbonyl (C=O) groups is 1. The van der Waals surface area contributed by atoms with Crippen molar-refractivity contribution in [2.24, 2.45) is 0 Å². The van der Waals surface area contributed by atoms with Gasteiger partial charge in [-0.1, -0.05) is 66.7 Å². The Labute approximate surface area is 224 Å². The molecule has 38 heavy (non-hydrogen) atoms. The zero-order valence-corrected chi connectivity index (χ0v) is 22.1. The number of nitrogens with zero attached hydrogens (tertiary/aromatic N) is 3. The molecule has 1 atom stereocenters. The molecule has 1 fully saturated rings. The Morgan fingerprint density at radius 1 is 0.868 bits per heavy atom. The molecule has 7 nitrogen and oxygen atoms in total. The van der Waals surface area contributed by atoms with Crippen LogP contribution in [0, 0.1) is 11.3 Å². The fourth-order valence-electron chi connectivity index (χ4n) is 4.81. The molecule has 0 saturated carbocycles. The van der Waals surface area contributed by atoms with E-state index in [1.54, 1.807) is 19.1 Å². The number of nitrogens with one attached hydrogen (secondary N) is 1. The van der Waals surface area contributed by atoms with Crippen molar-refractivity contribution in [3.63, 3.8) is 0 Å². The zero-order valence-electron chi connectivity index (χ0n) is 22.1. The number of methoxy groups -OCH3 is 2. The molecule has 1 heterocycles. The van der Waals surface area contributed by atoms with Gasteiger partial charge in [-0.3, -0.25) is 9.69 Å². The lowest BCUT2D eigenvalue weighted by Crippen LogP contribution is -2.50. The summed E-state index contributed by atoms with van der Waals surface area (Å²) in [6, 6.07) is 28.6. The Hall–Kier alpha value is -4.28. The summed E-state index contributed by atoms with van der Waals surface area (Å²) in [4.78, 5) is 17.4. The van der Waals surface area contributed by atoms with E-state index in [9.17, 15) is 10.1 Å². The van der Waals surface area contributed by atoms with Crippen LogP contribution in [0.5, 0.6) is 11.5 Å². The van der Waals surface area contributed by atoms with Crippen molar-refractivity contribution < 1.29 is 14.3 Å². The highest BCUT2D eigenvalue weighted by Gasteiger charge is 2.29. The number of ether oxygens (including phenoxy) is 2. The van der Waals surface area contributed by atoms with Crippen molar-refractivity contribution >= 4 is 5.91 Å². The molecule has 1 aliphatic heterocycles. The smallest absolute Gasteiger partial charge is 0.266 e. The average molecular weight is 511 g/mol. The maximum absolute atomic E-state index is 13.2. The minimum Gasteiger partial charge on any atom is -0.493 e. The SMILES string of the molecule is COc1ccc(C(C)N/C=C(/C#N)C(=O)N2CCN(C(c3ccccc3)c3ccccc3)CC2)cc1OC. The fourth-order valence-corrected chi connectivity index (χ4v) is 4.81. The Balaban J connectivity index is 1.42. The third kappa shape index (κ3) is 6.16. The molecule has 1 N–H and O–H groups in total. The summed E-state index contributed by atoms with van der Waals surface area (Å²) in [6.45, 7) is 4.50. The van der Waals surface area contributed by atoms with Crippen molar-refractivity contribution in [2.75, 3.05) is 40.4 Å². The van der Waals surface area contributed by atoms with Crippen molar-refractivity contribution in [3.8, 4) is 17.6 Å². The second kappa shape index (κ2) is 12.8. The first-order valence-corrected chi connectivity index (χ1v) is 12.8. The van der Waals surface area contributed by atoms with Gasteiger partial charge >= 0.3 is 0 Å². The summed E-state index contributed by atoms with van der Waals surface area (Å²) in [5.74, 6) is 1.02. The number of piperazine rings is 1. The van der Waals surface area contributed by atoms with E-state index in [0.29, 0.717) is 37.7 Å². The van der Waals surface area contributed by atoms with Crippen LogP contribution in [0.4, 0.5) is 0 Å².